The quantitative estimate of drug-likeness (QED) is 0.200. The molecule has 9 heteroatoms. The molecule has 4 N–H and O–H groups in total. The zero-order valence-electron chi connectivity index (χ0n) is 17.5. The minimum absolute atomic E-state index is 0.0650. The molecule has 2 aromatic carbocycles. The highest BCUT2D eigenvalue weighted by Crippen LogP contribution is 2.23. The van der Waals surface area contributed by atoms with Gasteiger partial charge in [0, 0.05) is 36.7 Å². The van der Waals surface area contributed by atoms with Crippen molar-refractivity contribution in [3.8, 4) is 0 Å². The molecule has 0 heterocycles. The number of ether oxygens (including phenoxy) is 1. The number of amides is 2. The molecule has 0 aliphatic rings. The van der Waals surface area contributed by atoms with Crippen molar-refractivity contribution in [2.45, 2.75) is 20.3 Å². The zero-order chi connectivity index (χ0) is 22.6. The third-order valence-corrected chi connectivity index (χ3v) is 4.24. The molecule has 2 aromatic rings. The number of rotatable bonds is 10. The number of anilines is 2. The number of nitrogens with one attached hydrogen (secondary N) is 3. The molecule has 0 unspecified atom stereocenters. The van der Waals surface area contributed by atoms with Crippen LogP contribution >= 0.6 is 0 Å². The van der Waals surface area contributed by atoms with Gasteiger partial charge in [-0.2, -0.15) is 5.10 Å². The molecule has 0 aliphatic heterocycles. The average molecular weight is 426 g/mol. The van der Waals surface area contributed by atoms with Crippen LogP contribution in [0.15, 0.2) is 47.6 Å². The minimum atomic E-state index is -1.09. The Bertz CT molecular complexity index is 959. The van der Waals surface area contributed by atoms with Gasteiger partial charge in [0.2, 0.25) is 0 Å². The van der Waals surface area contributed by atoms with Gasteiger partial charge in [-0.1, -0.05) is 18.2 Å². The molecule has 9 nitrogen and oxygen atoms in total. The fourth-order valence-electron chi connectivity index (χ4n) is 2.59. The second-order valence-corrected chi connectivity index (χ2v) is 6.55. The van der Waals surface area contributed by atoms with Crippen LogP contribution < -0.4 is 16.1 Å². The van der Waals surface area contributed by atoms with E-state index in [0.717, 1.165) is 11.3 Å². The van der Waals surface area contributed by atoms with Crippen LogP contribution in [0.2, 0.25) is 0 Å². The first-order chi connectivity index (χ1) is 14.9. The number of carbonyl (C=O) groups excluding carboxylic acids is 2. The lowest BCUT2D eigenvalue weighted by Crippen LogP contribution is -2.38. The van der Waals surface area contributed by atoms with Gasteiger partial charge in [-0.25, -0.2) is 10.2 Å². The third kappa shape index (κ3) is 7.56. The largest absolute Gasteiger partial charge is 0.478 e. The summed E-state index contributed by atoms with van der Waals surface area (Å²) in [5.74, 6) is -2.82. The van der Waals surface area contributed by atoms with Gasteiger partial charge in [0.25, 0.3) is 0 Å². The standard InChI is InChI=1S/C22H26N4O5/c1-3-31-12-6-11-23-20(27)21(28)26-24-14-17-13-16(22(29)30)9-10-19(17)25-18-8-5-4-7-15(18)2/h4-5,7-10,13-14,25H,3,6,11-12H2,1-2H3,(H,23,27)(H,26,28)(H,29,30)/b24-14-. The fraction of sp³-hybridized carbons (Fsp3) is 0.273. The van der Waals surface area contributed by atoms with E-state index in [1.165, 1.54) is 18.3 Å². The number of carbonyl (C=O) groups is 3. The number of hydrazone groups is 1. The van der Waals surface area contributed by atoms with Crippen LogP contribution in [0, 0.1) is 6.92 Å². The summed E-state index contributed by atoms with van der Waals surface area (Å²) in [5, 5.41) is 18.8. The van der Waals surface area contributed by atoms with Gasteiger partial charge in [-0.3, -0.25) is 9.59 Å². The maximum Gasteiger partial charge on any atom is 0.335 e. The van der Waals surface area contributed by atoms with Crippen molar-refractivity contribution in [2.24, 2.45) is 5.10 Å². The van der Waals surface area contributed by atoms with E-state index in [9.17, 15) is 19.5 Å². The lowest BCUT2D eigenvalue weighted by Gasteiger charge is -2.12. The maximum atomic E-state index is 11.9. The molecule has 31 heavy (non-hydrogen) atoms. The van der Waals surface area contributed by atoms with E-state index in [0.29, 0.717) is 37.4 Å². The van der Waals surface area contributed by atoms with Crippen LogP contribution in [0.1, 0.15) is 34.8 Å². The van der Waals surface area contributed by atoms with Gasteiger partial charge in [-0.05, 0) is 50.1 Å². The lowest BCUT2D eigenvalue weighted by molar-refractivity contribution is -0.139. The third-order valence-electron chi connectivity index (χ3n) is 4.24. The Morgan fingerprint density at radius 2 is 1.87 bits per heavy atom. The fourth-order valence-corrected chi connectivity index (χ4v) is 2.59. The predicted molar refractivity (Wildman–Crippen MR) is 118 cm³/mol. The SMILES string of the molecule is CCOCCCNC(=O)C(=O)N/N=C\c1cc(C(=O)O)ccc1Nc1ccccc1C. The minimum Gasteiger partial charge on any atom is -0.478 e. The predicted octanol–water partition coefficient (Wildman–Crippen LogP) is 2.43. The summed E-state index contributed by atoms with van der Waals surface area (Å²) < 4.78 is 5.15. The van der Waals surface area contributed by atoms with E-state index in [1.807, 2.05) is 38.1 Å². The maximum absolute atomic E-state index is 11.9. The Balaban J connectivity index is 2.06. The van der Waals surface area contributed by atoms with Crippen molar-refractivity contribution in [1.82, 2.24) is 10.7 Å². The molecule has 164 valence electrons. The van der Waals surface area contributed by atoms with Gasteiger partial charge in [0.05, 0.1) is 11.8 Å². The molecule has 2 rings (SSSR count). The molecule has 0 aliphatic carbocycles. The number of carboxylic acids is 1. The van der Waals surface area contributed by atoms with Gasteiger partial charge >= 0.3 is 17.8 Å². The van der Waals surface area contributed by atoms with Crippen molar-refractivity contribution >= 4 is 35.4 Å². The van der Waals surface area contributed by atoms with Gasteiger partial charge in [0.1, 0.15) is 0 Å². The molecule has 0 radical (unpaired) electrons. The number of para-hydroxylation sites is 1. The van der Waals surface area contributed by atoms with Gasteiger partial charge in [0.15, 0.2) is 0 Å². The second kappa shape index (κ2) is 12.1. The summed E-state index contributed by atoms with van der Waals surface area (Å²) in [6.45, 7) is 5.20. The Morgan fingerprint density at radius 3 is 2.58 bits per heavy atom. The van der Waals surface area contributed by atoms with Crippen LogP contribution in [0.25, 0.3) is 0 Å². The molecular formula is C22H26N4O5. The summed E-state index contributed by atoms with van der Waals surface area (Å²) in [5.41, 5.74) is 5.08. The molecule has 0 aromatic heterocycles. The molecule has 0 fully saturated rings. The Hall–Kier alpha value is -3.72. The van der Waals surface area contributed by atoms with Crippen molar-refractivity contribution in [2.75, 3.05) is 25.1 Å². The highest BCUT2D eigenvalue weighted by atomic mass is 16.5. The number of carboxylic acid groups (broad SMARTS) is 1. The Kier molecular flexibility index (Phi) is 9.18. The summed E-state index contributed by atoms with van der Waals surface area (Å²) in [4.78, 5) is 35.0. The number of hydrogen-bond donors (Lipinski definition) is 4. The summed E-state index contributed by atoms with van der Waals surface area (Å²) in [7, 11) is 0. The highest BCUT2D eigenvalue weighted by molar-refractivity contribution is 6.35. The van der Waals surface area contributed by atoms with E-state index >= 15 is 0 Å². The van der Waals surface area contributed by atoms with E-state index in [2.05, 4.69) is 21.2 Å². The highest BCUT2D eigenvalue weighted by Gasteiger charge is 2.12. The van der Waals surface area contributed by atoms with Crippen molar-refractivity contribution in [1.29, 1.82) is 0 Å². The van der Waals surface area contributed by atoms with Crippen LogP contribution in [0.3, 0.4) is 0 Å². The Labute approximate surface area is 180 Å². The molecular weight excluding hydrogens is 400 g/mol. The van der Waals surface area contributed by atoms with Crippen LogP contribution in [-0.4, -0.2) is 48.9 Å². The topological polar surface area (TPSA) is 129 Å². The first kappa shape index (κ1) is 23.6. The van der Waals surface area contributed by atoms with Crippen LogP contribution in [0.4, 0.5) is 11.4 Å². The smallest absolute Gasteiger partial charge is 0.335 e. The van der Waals surface area contributed by atoms with E-state index in [-0.39, 0.29) is 5.56 Å². The normalized spacial score (nSPS) is 10.6. The first-order valence-corrected chi connectivity index (χ1v) is 9.81. The number of nitrogens with zero attached hydrogens (tertiary/aromatic N) is 1. The molecule has 0 saturated carbocycles. The van der Waals surface area contributed by atoms with Crippen molar-refractivity contribution < 1.29 is 24.2 Å². The van der Waals surface area contributed by atoms with Gasteiger partial charge < -0.3 is 20.5 Å². The number of hydrogen-bond acceptors (Lipinski definition) is 6. The summed E-state index contributed by atoms with van der Waals surface area (Å²) in [6.07, 6.45) is 1.87. The molecule has 0 spiro atoms. The average Bonchev–Trinajstić information content (AvgIpc) is 2.75. The van der Waals surface area contributed by atoms with Crippen molar-refractivity contribution in [3.05, 3.63) is 59.2 Å². The summed E-state index contributed by atoms with van der Waals surface area (Å²) in [6, 6.07) is 12.1. The van der Waals surface area contributed by atoms with E-state index in [4.69, 9.17) is 4.74 Å². The molecule has 2 amide bonds. The molecule has 0 bridgehead atoms. The molecule has 0 atom stereocenters. The van der Waals surface area contributed by atoms with E-state index in [1.54, 1.807) is 6.07 Å². The number of aryl methyl sites for hydroxylation is 1. The lowest BCUT2D eigenvalue weighted by atomic mass is 10.1. The monoisotopic (exact) mass is 426 g/mol. The second-order valence-electron chi connectivity index (χ2n) is 6.55. The Morgan fingerprint density at radius 1 is 1.10 bits per heavy atom. The molecule has 0 saturated heterocycles. The zero-order valence-corrected chi connectivity index (χ0v) is 17.5. The van der Waals surface area contributed by atoms with E-state index < -0.39 is 17.8 Å². The van der Waals surface area contributed by atoms with Crippen LogP contribution in [0.5, 0.6) is 0 Å². The number of aromatic carboxylic acids is 1. The first-order valence-electron chi connectivity index (χ1n) is 9.81. The summed E-state index contributed by atoms with van der Waals surface area (Å²) >= 11 is 0. The van der Waals surface area contributed by atoms with Crippen LogP contribution in [-0.2, 0) is 14.3 Å². The van der Waals surface area contributed by atoms with Gasteiger partial charge in [-0.15, -0.1) is 0 Å². The van der Waals surface area contributed by atoms with Crippen molar-refractivity contribution in [3.63, 3.8) is 0 Å². The number of benzene rings is 2.